The summed E-state index contributed by atoms with van der Waals surface area (Å²) in [6, 6.07) is 0. The van der Waals surface area contributed by atoms with Crippen molar-refractivity contribution in [2.24, 2.45) is 11.8 Å². The number of rotatable bonds is 6. The lowest BCUT2D eigenvalue weighted by Gasteiger charge is -2.27. The lowest BCUT2D eigenvalue weighted by Crippen LogP contribution is -2.32. The highest BCUT2D eigenvalue weighted by Crippen LogP contribution is 2.27. The van der Waals surface area contributed by atoms with Gasteiger partial charge < -0.3 is 15.2 Å². The van der Waals surface area contributed by atoms with Gasteiger partial charge in [0, 0.05) is 26.7 Å². The zero-order valence-electron chi connectivity index (χ0n) is 10.9. The molecule has 0 aliphatic heterocycles. The summed E-state index contributed by atoms with van der Waals surface area (Å²) in [6.07, 6.45) is 5.32. The molecule has 1 fully saturated rings. The molecule has 1 aliphatic rings. The molecular weight excluding hydrogens is 218 g/mol. The lowest BCUT2D eigenvalue weighted by atomic mass is 9.85. The van der Waals surface area contributed by atoms with Crippen LogP contribution >= 0.6 is 0 Å². The Balaban J connectivity index is 2.15. The van der Waals surface area contributed by atoms with E-state index in [4.69, 9.17) is 9.84 Å². The summed E-state index contributed by atoms with van der Waals surface area (Å²) in [5.74, 6) is 0.764. The molecule has 4 nitrogen and oxygen atoms in total. The number of amides is 1. The molecule has 1 saturated carbocycles. The standard InChI is InChI=1S/C13H25NO3/c1-10(9-15)8-14-13(16)7-11-3-5-12(17-2)6-4-11/h10-12,15H,3-9H2,1-2H3,(H,14,16). The van der Waals surface area contributed by atoms with Crippen LogP contribution in [0.4, 0.5) is 0 Å². The Bertz CT molecular complexity index is 225. The van der Waals surface area contributed by atoms with Crippen LogP contribution in [0.25, 0.3) is 0 Å². The Morgan fingerprint density at radius 1 is 1.41 bits per heavy atom. The van der Waals surface area contributed by atoms with E-state index in [2.05, 4.69) is 5.32 Å². The minimum absolute atomic E-state index is 0.117. The molecule has 1 rings (SSSR count). The van der Waals surface area contributed by atoms with Crippen LogP contribution in [-0.4, -0.2) is 37.4 Å². The van der Waals surface area contributed by atoms with E-state index in [0.29, 0.717) is 25.0 Å². The highest BCUT2D eigenvalue weighted by molar-refractivity contribution is 5.76. The molecule has 0 heterocycles. The van der Waals surface area contributed by atoms with Gasteiger partial charge in [0.05, 0.1) is 6.10 Å². The maximum Gasteiger partial charge on any atom is 0.220 e. The summed E-state index contributed by atoms with van der Waals surface area (Å²) < 4.78 is 5.31. The third-order valence-corrected chi connectivity index (χ3v) is 3.56. The first kappa shape index (κ1) is 14.5. The first-order valence-corrected chi connectivity index (χ1v) is 6.56. The number of nitrogens with one attached hydrogen (secondary N) is 1. The van der Waals surface area contributed by atoms with E-state index in [9.17, 15) is 4.79 Å². The first-order valence-electron chi connectivity index (χ1n) is 6.56. The number of ether oxygens (including phenoxy) is 1. The SMILES string of the molecule is COC1CCC(CC(=O)NCC(C)CO)CC1. The molecule has 17 heavy (non-hydrogen) atoms. The van der Waals surface area contributed by atoms with Crippen LogP contribution in [0.5, 0.6) is 0 Å². The van der Waals surface area contributed by atoms with Crippen LogP contribution in [0.3, 0.4) is 0 Å². The Hall–Kier alpha value is -0.610. The predicted molar refractivity (Wildman–Crippen MR) is 66.6 cm³/mol. The van der Waals surface area contributed by atoms with Gasteiger partial charge in [-0.25, -0.2) is 0 Å². The summed E-state index contributed by atoms with van der Waals surface area (Å²) in [5, 5.41) is 11.7. The molecule has 0 aromatic heterocycles. The van der Waals surface area contributed by atoms with E-state index in [1.807, 2.05) is 6.92 Å². The molecular formula is C13H25NO3. The average molecular weight is 243 g/mol. The fourth-order valence-electron chi connectivity index (χ4n) is 2.26. The summed E-state index contributed by atoms with van der Waals surface area (Å²) >= 11 is 0. The van der Waals surface area contributed by atoms with Crippen LogP contribution in [-0.2, 0) is 9.53 Å². The molecule has 0 aromatic carbocycles. The molecule has 0 spiro atoms. The van der Waals surface area contributed by atoms with E-state index in [1.54, 1.807) is 7.11 Å². The molecule has 1 amide bonds. The quantitative estimate of drug-likeness (QED) is 0.740. The number of hydrogen-bond donors (Lipinski definition) is 2. The molecule has 1 atom stereocenters. The number of carbonyl (C=O) groups excluding carboxylic acids is 1. The fraction of sp³-hybridized carbons (Fsp3) is 0.923. The lowest BCUT2D eigenvalue weighted by molar-refractivity contribution is -0.122. The van der Waals surface area contributed by atoms with Crippen LogP contribution < -0.4 is 5.32 Å². The predicted octanol–water partition coefficient (Wildman–Crippen LogP) is 1.33. The topological polar surface area (TPSA) is 58.6 Å². The molecule has 1 unspecified atom stereocenters. The Kier molecular flexibility index (Phi) is 6.52. The molecule has 0 bridgehead atoms. The molecule has 100 valence electrons. The van der Waals surface area contributed by atoms with Crippen LogP contribution in [0.1, 0.15) is 39.0 Å². The largest absolute Gasteiger partial charge is 0.396 e. The van der Waals surface area contributed by atoms with Gasteiger partial charge in [0.1, 0.15) is 0 Å². The Morgan fingerprint density at radius 2 is 2.06 bits per heavy atom. The van der Waals surface area contributed by atoms with Gasteiger partial charge in [-0.15, -0.1) is 0 Å². The number of aliphatic hydroxyl groups excluding tert-OH is 1. The maximum absolute atomic E-state index is 11.7. The van der Waals surface area contributed by atoms with E-state index in [1.165, 1.54) is 0 Å². The monoisotopic (exact) mass is 243 g/mol. The van der Waals surface area contributed by atoms with Crippen molar-refractivity contribution in [2.75, 3.05) is 20.3 Å². The minimum atomic E-state index is 0.117. The van der Waals surface area contributed by atoms with Gasteiger partial charge >= 0.3 is 0 Å². The van der Waals surface area contributed by atoms with Crippen LogP contribution in [0, 0.1) is 11.8 Å². The van der Waals surface area contributed by atoms with Gasteiger partial charge in [-0.05, 0) is 37.5 Å². The van der Waals surface area contributed by atoms with Crippen molar-refractivity contribution in [1.29, 1.82) is 0 Å². The zero-order chi connectivity index (χ0) is 12.7. The van der Waals surface area contributed by atoms with Gasteiger partial charge in [0.2, 0.25) is 5.91 Å². The van der Waals surface area contributed by atoms with E-state index in [0.717, 1.165) is 25.7 Å². The Labute approximate surface area is 104 Å². The molecule has 4 heteroatoms. The van der Waals surface area contributed by atoms with E-state index >= 15 is 0 Å². The highest BCUT2D eigenvalue weighted by atomic mass is 16.5. The molecule has 0 aromatic rings. The molecule has 1 aliphatic carbocycles. The van der Waals surface area contributed by atoms with Crippen LogP contribution in [0.15, 0.2) is 0 Å². The number of carbonyl (C=O) groups is 1. The third-order valence-electron chi connectivity index (χ3n) is 3.56. The van der Waals surface area contributed by atoms with Gasteiger partial charge in [0.15, 0.2) is 0 Å². The van der Waals surface area contributed by atoms with Crippen molar-refractivity contribution in [3.8, 4) is 0 Å². The summed E-state index contributed by atoms with van der Waals surface area (Å²) in [6.45, 7) is 2.62. The average Bonchev–Trinajstić information content (AvgIpc) is 2.36. The fourth-order valence-corrected chi connectivity index (χ4v) is 2.26. The molecule has 0 saturated heterocycles. The highest BCUT2D eigenvalue weighted by Gasteiger charge is 2.22. The second-order valence-corrected chi connectivity index (χ2v) is 5.17. The van der Waals surface area contributed by atoms with Crippen LogP contribution in [0.2, 0.25) is 0 Å². The Morgan fingerprint density at radius 3 is 2.59 bits per heavy atom. The third kappa shape index (κ3) is 5.50. The van der Waals surface area contributed by atoms with Crippen molar-refractivity contribution < 1.29 is 14.6 Å². The normalized spacial score (nSPS) is 26.5. The van der Waals surface area contributed by atoms with E-state index < -0.39 is 0 Å². The van der Waals surface area contributed by atoms with Crippen molar-refractivity contribution in [3.63, 3.8) is 0 Å². The molecule has 2 N–H and O–H groups in total. The number of methoxy groups -OCH3 is 1. The summed E-state index contributed by atoms with van der Waals surface area (Å²) in [4.78, 5) is 11.7. The second-order valence-electron chi connectivity index (χ2n) is 5.17. The van der Waals surface area contributed by atoms with Crippen molar-refractivity contribution in [1.82, 2.24) is 5.32 Å². The number of hydrogen-bond acceptors (Lipinski definition) is 3. The number of aliphatic hydroxyl groups is 1. The minimum Gasteiger partial charge on any atom is -0.396 e. The zero-order valence-corrected chi connectivity index (χ0v) is 10.9. The second kappa shape index (κ2) is 7.67. The van der Waals surface area contributed by atoms with E-state index in [-0.39, 0.29) is 18.4 Å². The van der Waals surface area contributed by atoms with Gasteiger partial charge in [-0.2, -0.15) is 0 Å². The van der Waals surface area contributed by atoms with Crippen molar-refractivity contribution in [3.05, 3.63) is 0 Å². The van der Waals surface area contributed by atoms with Crippen molar-refractivity contribution in [2.45, 2.75) is 45.1 Å². The summed E-state index contributed by atoms with van der Waals surface area (Å²) in [7, 11) is 1.76. The summed E-state index contributed by atoms with van der Waals surface area (Å²) in [5.41, 5.74) is 0. The maximum atomic E-state index is 11.7. The van der Waals surface area contributed by atoms with Gasteiger partial charge in [-0.1, -0.05) is 6.92 Å². The van der Waals surface area contributed by atoms with Crippen molar-refractivity contribution >= 4 is 5.91 Å². The smallest absolute Gasteiger partial charge is 0.220 e. The molecule has 0 radical (unpaired) electrons. The van der Waals surface area contributed by atoms with Gasteiger partial charge in [0.25, 0.3) is 0 Å². The van der Waals surface area contributed by atoms with Gasteiger partial charge in [-0.3, -0.25) is 4.79 Å². The first-order chi connectivity index (χ1) is 8.15.